The summed E-state index contributed by atoms with van der Waals surface area (Å²) in [6.45, 7) is 7.73. The zero-order valence-electron chi connectivity index (χ0n) is 17.4. The summed E-state index contributed by atoms with van der Waals surface area (Å²) in [5, 5.41) is 2.81. The number of ketones is 1. The highest BCUT2D eigenvalue weighted by atomic mass is 32.2. The SMILES string of the molecule is CC(=O)c1c(C)cc(C)c(C[S@](=O)Cc2csc(-c3ccc4c(c3)OCO4)n2)c1C. The number of rotatable bonds is 6. The normalized spacial score (nSPS) is 13.5. The van der Waals surface area contributed by atoms with Gasteiger partial charge in [-0.2, -0.15) is 0 Å². The number of hydrogen-bond acceptors (Lipinski definition) is 6. The van der Waals surface area contributed by atoms with Gasteiger partial charge in [0.2, 0.25) is 6.79 Å². The molecule has 2 heterocycles. The Kier molecular flexibility index (Phi) is 5.75. The van der Waals surface area contributed by atoms with Crippen molar-refractivity contribution < 1.29 is 18.5 Å². The van der Waals surface area contributed by atoms with Crippen LogP contribution in [0.2, 0.25) is 0 Å². The van der Waals surface area contributed by atoms with Crippen LogP contribution < -0.4 is 9.47 Å². The fourth-order valence-electron chi connectivity index (χ4n) is 3.90. The van der Waals surface area contributed by atoms with E-state index in [0.717, 1.165) is 55.6 Å². The van der Waals surface area contributed by atoms with E-state index in [0.29, 0.717) is 11.5 Å². The van der Waals surface area contributed by atoms with Gasteiger partial charge in [-0.15, -0.1) is 11.3 Å². The van der Waals surface area contributed by atoms with Crippen molar-refractivity contribution in [2.45, 2.75) is 39.2 Å². The van der Waals surface area contributed by atoms with E-state index >= 15 is 0 Å². The van der Waals surface area contributed by atoms with Gasteiger partial charge in [0.1, 0.15) is 5.01 Å². The third-order valence-corrected chi connectivity index (χ3v) is 7.44. The minimum Gasteiger partial charge on any atom is -0.454 e. The number of Topliss-reactive ketones (excluding diaryl/α,β-unsaturated/α-hetero) is 1. The highest BCUT2D eigenvalue weighted by Crippen LogP contribution is 2.36. The number of fused-ring (bicyclic) bond motifs is 1. The van der Waals surface area contributed by atoms with E-state index < -0.39 is 10.8 Å². The van der Waals surface area contributed by atoms with Crippen LogP contribution in [0.1, 0.15) is 45.2 Å². The number of aromatic nitrogens is 1. The maximum atomic E-state index is 12.9. The molecule has 30 heavy (non-hydrogen) atoms. The van der Waals surface area contributed by atoms with E-state index in [1.165, 1.54) is 11.3 Å². The third kappa shape index (κ3) is 4.04. The summed E-state index contributed by atoms with van der Waals surface area (Å²) in [6.07, 6.45) is 0. The minimum absolute atomic E-state index is 0.0462. The summed E-state index contributed by atoms with van der Waals surface area (Å²) in [4.78, 5) is 16.7. The molecule has 1 aliphatic rings. The van der Waals surface area contributed by atoms with Crippen LogP contribution >= 0.6 is 11.3 Å². The Morgan fingerprint density at radius 2 is 1.87 bits per heavy atom. The van der Waals surface area contributed by atoms with Gasteiger partial charge >= 0.3 is 0 Å². The molecule has 7 heteroatoms. The quantitative estimate of drug-likeness (QED) is 0.497. The first-order chi connectivity index (χ1) is 14.3. The first-order valence-electron chi connectivity index (χ1n) is 9.63. The largest absolute Gasteiger partial charge is 0.454 e. The second-order valence-electron chi connectivity index (χ2n) is 7.49. The second-order valence-corrected chi connectivity index (χ2v) is 9.80. The number of ether oxygens (including phenoxy) is 2. The Morgan fingerprint density at radius 3 is 2.63 bits per heavy atom. The van der Waals surface area contributed by atoms with E-state index in [1.54, 1.807) is 6.92 Å². The number of benzene rings is 2. The number of hydrogen-bond donors (Lipinski definition) is 0. The van der Waals surface area contributed by atoms with Gasteiger partial charge in [0.05, 0.1) is 11.4 Å². The average molecular weight is 442 g/mol. The van der Waals surface area contributed by atoms with Crippen molar-refractivity contribution in [1.82, 2.24) is 4.98 Å². The first-order valence-corrected chi connectivity index (χ1v) is 12.0. The molecule has 0 radical (unpaired) electrons. The van der Waals surface area contributed by atoms with Gasteiger partial charge in [0.15, 0.2) is 17.3 Å². The lowest BCUT2D eigenvalue weighted by Crippen LogP contribution is -2.09. The lowest BCUT2D eigenvalue weighted by atomic mass is 9.92. The van der Waals surface area contributed by atoms with Gasteiger partial charge in [0, 0.05) is 33.1 Å². The van der Waals surface area contributed by atoms with Crippen LogP contribution in [-0.2, 0) is 22.3 Å². The van der Waals surface area contributed by atoms with E-state index in [-0.39, 0.29) is 12.6 Å². The highest BCUT2D eigenvalue weighted by Gasteiger charge is 2.18. The molecule has 0 fully saturated rings. The van der Waals surface area contributed by atoms with Crippen LogP contribution in [0, 0.1) is 20.8 Å². The lowest BCUT2D eigenvalue weighted by molar-refractivity contribution is 0.101. The van der Waals surface area contributed by atoms with Gasteiger partial charge in [-0.25, -0.2) is 4.98 Å². The maximum absolute atomic E-state index is 12.9. The Balaban J connectivity index is 1.51. The molecule has 156 valence electrons. The van der Waals surface area contributed by atoms with E-state index in [9.17, 15) is 9.00 Å². The number of nitrogens with zero attached hydrogens (tertiary/aromatic N) is 1. The van der Waals surface area contributed by atoms with Gasteiger partial charge in [-0.05, 0) is 68.1 Å². The topological polar surface area (TPSA) is 65.5 Å². The zero-order valence-corrected chi connectivity index (χ0v) is 19.0. The molecular formula is C23H23NO4S2. The van der Waals surface area contributed by atoms with Crippen LogP contribution in [-0.4, -0.2) is 21.8 Å². The van der Waals surface area contributed by atoms with Crippen molar-refractivity contribution in [3.8, 4) is 22.1 Å². The van der Waals surface area contributed by atoms with E-state index in [1.807, 2.05) is 50.4 Å². The summed E-state index contributed by atoms with van der Waals surface area (Å²) < 4.78 is 23.7. The smallest absolute Gasteiger partial charge is 0.231 e. The molecule has 0 N–H and O–H groups in total. The molecule has 2 aromatic carbocycles. The molecule has 1 aromatic heterocycles. The Bertz CT molecular complexity index is 1170. The number of aryl methyl sites for hydroxylation is 2. The Labute approximate surface area is 182 Å². The summed E-state index contributed by atoms with van der Waals surface area (Å²) >= 11 is 1.52. The van der Waals surface area contributed by atoms with Crippen LogP contribution in [0.4, 0.5) is 0 Å². The monoisotopic (exact) mass is 441 g/mol. The van der Waals surface area contributed by atoms with Crippen molar-refractivity contribution in [2.24, 2.45) is 0 Å². The second kappa shape index (κ2) is 8.32. The molecule has 0 unspecified atom stereocenters. The van der Waals surface area contributed by atoms with Crippen molar-refractivity contribution in [1.29, 1.82) is 0 Å². The summed E-state index contributed by atoms with van der Waals surface area (Å²) in [7, 11) is -1.13. The van der Waals surface area contributed by atoms with E-state index in [4.69, 9.17) is 9.47 Å². The summed E-state index contributed by atoms with van der Waals surface area (Å²) in [6, 6.07) is 7.77. The van der Waals surface area contributed by atoms with Crippen LogP contribution in [0.25, 0.3) is 10.6 Å². The first kappa shape index (κ1) is 20.8. The third-order valence-electron chi connectivity index (χ3n) is 5.27. The molecule has 0 amide bonds. The number of carbonyl (C=O) groups is 1. The van der Waals surface area contributed by atoms with Crippen LogP contribution in [0.3, 0.4) is 0 Å². The Morgan fingerprint density at radius 1 is 1.10 bits per heavy atom. The van der Waals surface area contributed by atoms with E-state index in [2.05, 4.69) is 4.98 Å². The Hall–Kier alpha value is -2.51. The molecule has 0 bridgehead atoms. The molecular weight excluding hydrogens is 418 g/mol. The molecule has 0 saturated carbocycles. The molecule has 1 atom stereocenters. The number of carbonyl (C=O) groups excluding carboxylic acids is 1. The van der Waals surface area contributed by atoms with Gasteiger partial charge < -0.3 is 9.47 Å². The van der Waals surface area contributed by atoms with Gasteiger partial charge in [0.25, 0.3) is 0 Å². The molecule has 4 rings (SSSR count). The van der Waals surface area contributed by atoms with Crippen LogP contribution in [0.5, 0.6) is 11.5 Å². The zero-order chi connectivity index (χ0) is 21.4. The average Bonchev–Trinajstić information content (AvgIpc) is 3.33. The van der Waals surface area contributed by atoms with Crippen LogP contribution in [0.15, 0.2) is 29.6 Å². The van der Waals surface area contributed by atoms with Gasteiger partial charge in [-0.3, -0.25) is 9.00 Å². The molecule has 3 aromatic rings. The molecule has 0 spiro atoms. The fourth-order valence-corrected chi connectivity index (χ4v) is 6.17. The molecule has 1 aliphatic heterocycles. The maximum Gasteiger partial charge on any atom is 0.231 e. The summed E-state index contributed by atoms with van der Waals surface area (Å²) in [5.41, 5.74) is 6.48. The number of thiazole rings is 1. The van der Waals surface area contributed by atoms with Gasteiger partial charge in [-0.1, -0.05) is 6.07 Å². The minimum atomic E-state index is -1.13. The molecule has 0 aliphatic carbocycles. The fraction of sp³-hybridized carbons (Fsp3) is 0.304. The standard InChI is InChI=1S/C23H23NO4S2/c1-13-7-14(2)22(16(4)25)15(3)19(13)11-30(26)10-18-9-29-23(24-18)17-5-6-20-21(8-17)28-12-27-20/h5-9H,10-12H2,1-4H3/t30-/m1/s1. The molecule has 5 nitrogen and oxygen atoms in total. The lowest BCUT2D eigenvalue weighted by Gasteiger charge is -2.15. The van der Waals surface area contributed by atoms with Crippen molar-refractivity contribution >= 4 is 27.9 Å². The predicted octanol–water partition coefficient (Wildman–Crippen LogP) is 5.12. The summed E-state index contributed by atoms with van der Waals surface area (Å²) in [5.74, 6) is 2.30. The van der Waals surface area contributed by atoms with Crippen molar-refractivity contribution in [2.75, 3.05) is 6.79 Å². The highest BCUT2D eigenvalue weighted by molar-refractivity contribution is 7.83. The predicted molar refractivity (Wildman–Crippen MR) is 120 cm³/mol. The van der Waals surface area contributed by atoms with Crippen molar-refractivity contribution in [3.05, 3.63) is 63.2 Å². The molecule has 0 saturated heterocycles. The van der Waals surface area contributed by atoms with Crippen molar-refractivity contribution in [3.63, 3.8) is 0 Å².